The number of nitrogens with one attached hydrogen (secondary N) is 1. The molecule has 0 atom stereocenters. The molecular weight excluding hydrogens is 188 g/mol. The van der Waals surface area contributed by atoms with Gasteiger partial charge in [-0.25, -0.2) is 17.6 Å². The third-order valence-corrected chi connectivity index (χ3v) is 1.39. The van der Waals surface area contributed by atoms with Crippen molar-refractivity contribution in [2.24, 2.45) is 0 Å². The van der Waals surface area contributed by atoms with E-state index >= 15 is 0 Å². The van der Waals surface area contributed by atoms with Gasteiger partial charge in [-0.1, -0.05) is 0 Å². The van der Waals surface area contributed by atoms with E-state index in [1.807, 2.05) is 0 Å². The maximum absolute atomic E-state index is 12.8. The van der Waals surface area contributed by atoms with Crippen LogP contribution in [0.1, 0.15) is 0 Å². The van der Waals surface area contributed by atoms with Crippen molar-refractivity contribution in [1.82, 2.24) is 10.2 Å². The quantitative estimate of drug-likeness (QED) is 0.647. The van der Waals surface area contributed by atoms with Gasteiger partial charge in [0.15, 0.2) is 0 Å². The molecule has 2 nitrogen and oxygen atoms in total. The number of rotatable bonds is 6. The summed E-state index contributed by atoms with van der Waals surface area (Å²) in [5.41, 5.74) is 0. The summed E-state index contributed by atoms with van der Waals surface area (Å²) in [4.78, 5) is 0.919. The second kappa shape index (κ2) is 5.39. The van der Waals surface area contributed by atoms with Gasteiger partial charge >= 0.3 is 0 Å². The fourth-order valence-electron chi connectivity index (χ4n) is 1.01. The molecule has 0 bridgehead atoms. The molecule has 0 saturated heterocycles. The standard InChI is InChI=1S/C7H14F4N2/c1-12-4-7(10,11)5-13(2)3-6(8)9/h6,12H,3-5H2,1-2H3. The van der Waals surface area contributed by atoms with Gasteiger partial charge in [0.25, 0.3) is 12.3 Å². The van der Waals surface area contributed by atoms with Gasteiger partial charge in [0.1, 0.15) is 0 Å². The van der Waals surface area contributed by atoms with Gasteiger partial charge in [-0.2, -0.15) is 0 Å². The summed E-state index contributed by atoms with van der Waals surface area (Å²) in [5.74, 6) is -2.96. The van der Waals surface area contributed by atoms with Gasteiger partial charge in [-0.3, -0.25) is 4.90 Å². The minimum absolute atomic E-state index is 0.499. The predicted molar refractivity (Wildman–Crippen MR) is 42.4 cm³/mol. The SMILES string of the molecule is CNCC(F)(F)CN(C)CC(F)F. The van der Waals surface area contributed by atoms with Crippen molar-refractivity contribution in [3.8, 4) is 0 Å². The molecule has 0 aromatic heterocycles. The molecule has 0 radical (unpaired) electrons. The predicted octanol–water partition coefficient (Wildman–Crippen LogP) is 1.04. The summed E-state index contributed by atoms with van der Waals surface area (Å²) in [7, 11) is 2.64. The normalized spacial score (nSPS) is 12.9. The van der Waals surface area contributed by atoms with Crippen LogP contribution in [0.5, 0.6) is 0 Å². The highest BCUT2D eigenvalue weighted by Gasteiger charge is 2.30. The first kappa shape index (κ1) is 12.6. The van der Waals surface area contributed by atoms with Crippen LogP contribution in [-0.2, 0) is 0 Å². The minimum Gasteiger partial charge on any atom is -0.314 e. The number of nitrogens with zero attached hydrogens (tertiary/aromatic N) is 1. The first-order valence-electron chi connectivity index (χ1n) is 3.86. The molecule has 13 heavy (non-hydrogen) atoms. The Balaban J connectivity index is 3.81. The van der Waals surface area contributed by atoms with E-state index in [1.54, 1.807) is 0 Å². The molecule has 0 saturated carbocycles. The fraction of sp³-hybridized carbons (Fsp3) is 1.00. The van der Waals surface area contributed by atoms with Gasteiger partial charge < -0.3 is 5.32 Å². The lowest BCUT2D eigenvalue weighted by Gasteiger charge is -2.23. The van der Waals surface area contributed by atoms with Crippen molar-refractivity contribution in [3.05, 3.63) is 0 Å². The van der Waals surface area contributed by atoms with Gasteiger partial charge in [0.05, 0.1) is 19.6 Å². The molecule has 0 aliphatic heterocycles. The van der Waals surface area contributed by atoms with Crippen molar-refractivity contribution in [2.75, 3.05) is 33.7 Å². The van der Waals surface area contributed by atoms with Crippen LogP contribution < -0.4 is 5.32 Å². The summed E-state index contributed by atoms with van der Waals surface area (Å²) in [6.07, 6.45) is -2.57. The fourth-order valence-corrected chi connectivity index (χ4v) is 1.01. The molecule has 0 heterocycles. The molecular formula is C7H14F4N2. The second-order valence-corrected chi connectivity index (χ2v) is 2.97. The lowest BCUT2D eigenvalue weighted by atomic mass is 10.3. The third-order valence-electron chi connectivity index (χ3n) is 1.39. The van der Waals surface area contributed by atoms with Gasteiger partial charge in [0, 0.05) is 0 Å². The molecule has 80 valence electrons. The molecule has 0 fully saturated rings. The van der Waals surface area contributed by atoms with Crippen molar-refractivity contribution >= 4 is 0 Å². The maximum Gasteiger partial charge on any atom is 0.272 e. The van der Waals surface area contributed by atoms with Crippen molar-refractivity contribution < 1.29 is 17.6 Å². The summed E-state index contributed by atoms with van der Waals surface area (Å²) >= 11 is 0. The largest absolute Gasteiger partial charge is 0.314 e. The van der Waals surface area contributed by atoms with Crippen molar-refractivity contribution in [1.29, 1.82) is 0 Å². The van der Waals surface area contributed by atoms with E-state index in [1.165, 1.54) is 14.1 Å². The maximum atomic E-state index is 12.8. The van der Waals surface area contributed by atoms with E-state index in [-0.39, 0.29) is 0 Å². The smallest absolute Gasteiger partial charge is 0.272 e. The Bertz CT molecular complexity index is 140. The Morgan fingerprint density at radius 3 is 2.31 bits per heavy atom. The topological polar surface area (TPSA) is 15.3 Å². The van der Waals surface area contributed by atoms with Crippen molar-refractivity contribution in [2.45, 2.75) is 12.3 Å². The molecule has 0 aromatic carbocycles. The van der Waals surface area contributed by atoms with Crippen LogP contribution >= 0.6 is 0 Å². The molecule has 0 aliphatic carbocycles. The van der Waals surface area contributed by atoms with Crippen LogP contribution in [0.15, 0.2) is 0 Å². The number of hydrogen-bond acceptors (Lipinski definition) is 2. The van der Waals surface area contributed by atoms with Gasteiger partial charge in [0.2, 0.25) is 0 Å². The lowest BCUT2D eigenvalue weighted by molar-refractivity contribution is -0.0335. The Hall–Kier alpha value is -0.360. The third kappa shape index (κ3) is 6.77. The molecule has 6 heteroatoms. The number of hydrogen-bond donors (Lipinski definition) is 1. The Morgan fingerprint density at radius 2 is 1.92 bits per heavy atom. The van der Waals surface area contributed by atoms with Crippen LogP contribution in [-0.4, -0.2) is 51.0 Å². The first-order chi connectivity index (χ1) is 5.87. The zero-order valence-electron chi connectivity index (χ0n) is 7.66. The Morgan fingerprint density at radius 1 is 1.38 bits per heavy atom. The van der Waals surface area contributed by atoms with Crippen LogP contribution in [0.25, 0.3) is 0 Å². The van der Waals surface area contributed by atoms with Crippen molar-refractivity contribution in [3.63, 3.8) is 0 Å². The van der Waals surface area contributed by atoms with E-state index in [4.69, 9.17) is 0 Å². The van der Waals surface area contributed by atoms with Gasteiger partial charge in [-0.15, -0.1) is 0 Å². The minimum atomic E-state index is -2.96. The number of alkyl halides is 4. The van der Waals surface area contributed by atoms with E-state index < -0.39 is 32.0 Å². The molecule has 0 aromatic rings. The van der Waals surface area contributed by atoms with E-state index in [2.05, 4.69) is 5.32 Å². The van der Waals surface area contributed by atoms with Gasteiger partial charge in [-0.05, 0) is 14.1 Å². The highest BCUT2D eigenvalue weighted by Crippen LogP contribution is 2.13. The average Bonchev–Trinajstić information content (AvgIpc) is 1.81. The Kier molecular flexibility index (Phi) is 5.24. The average molecular weight is 202 g/mol. The van der Waals surface area contributed by atoms with Crippen LogP contribution in [0.2, 0.25) is 0 Å². The number of halogens is 4. The molecule has 0 spiro atoms. The lowest BCUT2D eigenvalue weighted by Crippen LogP contribution is -2.42. The molecule has 0 unspecified atom stereocenters. The van der Waals surface area contributed by atoms with Crippen LogP contribution in [0.4, 0.5) is 17.6 Å². The summed E-state index contributed by atoms with van der Waals surface area (Å²) < 4.78 is 49.0. The molecule has 1 N–H and O–H groups in total. The summed E-state index contributed by atoms with van der Waals surface area (Å²) in [6, 6.07) is 0. The van der Waals surface area contributed by atoms with E-state index in [9.17, 15) is 17.6 Å². The molecule has 0 amide bonds. The highest BCUT2D eigenvalue weighted by atomic mass is 19.3. The zero-order valence-corrected chi connectivity index (χ0v) is 7.66. The Labute approximate surface area is 74.9 Å². The first-order valence-corrected chi connectivity index (χ1v) is 3.86. The summed E-state index contributed by atoms with van der Waals surface area (Å²) in [5, 5.41) is 2.30. The highest BCUT2D eigenvalue weighted by molar-refractivity contribution is 4.72. The molecule has 0 rings (SSSR count). The van der Waals surface area contributed by atoms with Crippen LogP contribution in [0.3, 0.4) is 0 Å². The van der Waals surface area contributed by atoms with E-state index in [0.717, 1.165) is 4.90 Å². The molecule has 0 aliphatic rings. The zero-order chi connectivity index (χ0) is 10.5. The summed E-state index contributed by atoms with van der Waals surface area (Å²) in [6.45, 7) is -1.78. The van der Waals surface area contributed by atoms with Crippen LogP contribution in [0, 0.1) is 0 Å². The van der Waals surface area contributed by atoms with E-state index in [0.29, 0.717) is 0 Å². The monoisotopic (exact) mass is 202 g/mol. The second-order valence-electron chi connectivity index (χ2n) is 2.97.